The van der Waals surface area contributed by atoms with Crippen LogP contribution in [0.5, 0.6) is 0 Å². The molecule has 30 aromatic rings. The van der Waals surface area contributed by atoms with Gasteiger partial charge >= 0.3 is 0 Å². The van der Waals surface area contributed by atoms with E-state index in [-0.39, 0.29) is 0 Å². The van der Waals surface area contributed by atoms with E-state index >= 15 is 0 Å². The van der Waals surface area contributed by atoms with Crippen LogP contribution in [0, 0.1) is 0 Å². The van der Waals surface area contributed by atoms with Crippen molar-refractivity contribution in [3.63, 3.8) is 0 Å². The standard InChI is InChI=1S/C62H36N4O.C62H36N4S/c2*1-2-16-39-35-56-51(34-38(39)15-1)45-33-31-40(65-54-27-9-5-18-44(54)48-32-30-37-14-3-4-17-41(37)61(48)65)36-57(45)66(56)55-28-13-20-42-43(55)21-11-22-47(42)59-60(64-53-26-8-7-25-52(53)63-59)50-24-12-23-49-46-19-6-10-29-58(46)67-62(49)50/h2*1-36H. The molecule has 0 radical (unpaired) electrons. The van der Waals surface area contributed by atoms with E-state index < -0.39 is 0 Å². The maximum Gasteiger partial charge on any atom is 0.144 e. The van der Waals surface area contributed by atoms with E-state index in [0.717, 1.165) is 150 Å². The minimum absolute atomic E-state index is 0.785. The third-order valence-electron chi connectivity index (χ3n) is 28.1. The topological polar surface area (TPSA) is 84.4 Å². The van der Waals surface area contributed by atoms with Gasteiger partial charge in [0, 0.05) is 129 Å². The van der Waals surface area contributed by atoms with Crippen molar-refractivity contribution in [1.29, 1.82) is 0 Å². The summed E-state index contributed by atoms with van der Waals surface area (Å²) in [7, 11) is 0. The van der Waals surface area contributed by atoms with Crippen LogP contribution in [0.1, 0.15) is 0 Å². The average Bonchev–Trinajstić information content (AvgIpc) is 1.55. The molecule has 0 saturated carbocycles. The van der Waals surface area contributed by atoms with Crippen LogP contribution < -0.4 is 0 Å². The summed E-state index contributed by atoms with van der Waals surface area (Å²) < 4.78 is 19.1. The van der Waals surface area contributed by atoms with E-state index in [1.807, 2.05) is 47.7 Å². The summed E-state index contributed by atoms with van der Waals surface area (Å²) >= 11 is 1.83. The Labute approximate surface area is 769 Å². The van der Waals surface area contributed by atoms with Crippen LogP contribution >= 0.6 is 11.3 Å². The van der Waals surface area contributed by atoms with Gasteiger partial charge in [-0.05, 0) is 158 Å². The van der Waals surface area contributed by atoms with Crippen LogP contribution in [0.3, 0.4) is 0 Å². The van der Waals surface area contributed by atoms with Crippen molar-refractivity contribution in [1.82, 2.24) is 38.2 Å². The van der Waals surface area contributed by atoms with Crippen LogP contribution in [-0.4, -0.2) is 38.2 Å². The van der Waals surface area contributed by atoms with Crippen LogP contribution in [0.4, 0.5) is 0 Å². The van der Waals surface area contributed by atoms with Crippen LogP contribution in [0.2, 0.25) is 0 Å². The van der Waals surface area contributed by atoms with Crippen molar-refractivity contribution in [3.05, 3.63) is 437 Å². The Morgan fingerprint density at radius 2 is 0.545 bits per heavy atom. The van der Waals surface area contributed by atoms with Gasteiger partial charge in [-0.15, -0.1) is 11.3 Å². The molecule has 0 aliphatic carbocycles. The van der Waals surface area contributed by atoms with Gasteiger partial charge in [0.05, 0.1) is 94.7 Å². The third kappa shape index (κ3) is 11.1. The molecule has 0 aliphatic heterocycles. The quantitative estimate of drug-likeness (QED) is 0.151. The lowest BCUT2D eigenvalue weighted by atomic mass is 9.96. The number of hydrogen-bond donors (Lipinski definition) is 0. The first-order chi connectivity index (χ1) is 66.5. The summed E-state index contributed by atoms with van der Waals surface area (Å²) in [6, 6.07) is 158. The van der Waals surface area contributed by atoms with Crippen molar-refractivity contribution in [2.75, 3.05) is 0 Å². The molecule has 0 atom stereocenters. The van der Waals surface area contributed by atoms with Gasteiger partial charge in [-0.2, -0.15) is 0 Å². The number of nitrogens with zero attached hydrogens (tertiary/aromatic N) is 8. The Morgan fingerprint density at radius 1 is 0.194 bits per heavy atom. The van der Waals surface area contributed by atoms with Crippen molar-refractivity contribution in [2.24, 2.45) is 0 Å². The summed E-state index contributed by atoms with van der Waals surface area (Å²) in [6.07, 6.45) is 0. The fourth-order valence-corrected chi connectivity index (χ4v) is 23.4. The number of thiophene rings is 1. The van der Waals surface area contributed by atoms with Gasteiger partial charge in [0.25, 0.3) is 0 Å². The monoisotopic (exact) mass is 1720 g/mol. The molecule has 0 fully saturated rings. The van der Waals surface area contributed by atoms with E-state index in [4.69, 9.17) is 24.4 Å². The Bertz CT molecular complexity index is 9770. The molecule has 8 heterocycles. The van der Waals surface area contributed by atoms with Crippen molar-refractivity contribution in [3.8, 4) is 67.8 Å². The van der Waals surface area contributed by atoms with Crippen LogP contribution in [0.15, 0.2) is 441 Å². The van der Waals surface area contributed by atoms with E-state index in [0.29, 0.717) is 0 Å². The Balaban J connectivity index is 0.000000131. The van der Waals surface area contributed by atoms with Gasteiger partial charge < -0.3 is 22.7 Å². The fraction of sp³-hybridized carbons (Fsp3) is 0. The number of fused-ring (bicyclic) bond motifs is 28. The van der Waals surface area contributed by atoms with E-state index in [1.54, 1.807) is 0 Å². The molecule has 0 spiro atoms. The van der Waals surface area contributed by atoms with Gasteiger partial charge in [-0.3, -0.25) is 0 Å². The Morgan fingerprint density at radius 3 is 1.06 bits per heavy atom. The van der Waals surface area contributed by atoms with Gasteiger partial charge in [-0.1, -0.05) is 322 Å². The first kappa shape index (κ1) is 74.3. The molecule has 134 heavy (non-hydrogen) atoms. The molecular weight excluding hydrogens is 1650 g/mol. The Hall–Kier alpha value is -17.7. The zero-order chi connectivity index (χ0) is 87.5. The lowest BCUT2D eigenvalue weighted by molar-refractivity contribution is 0.670. The zero-order valence-corrected chi connectivity index (χ0v) is 72.8. The molecule has 30 rings (SSSR count). The maximum atomic E-state index is 6.64. The normalized spacial score (nSPS) is 12.2. The summed E-state index contributed by atoms with van der Waals surface area (Å²) in [6.45, 7) is 0. The van der Waals surface area contributed by atoms with E-state index in [9.17, 15) is 0 Å². The molecule has 620 valence electrons. The first-order valence-electron chi connectivity index (χ1n) is 45.6. The highest BCUT2D eigenvalue weighted by atomic mass is 32.1. The molecule has 0 aliphatic rings. The highest BCUT2D eigenvalue weighted by Gasteiger charge is 2.28. The molecule has 0 unspecified atom stereocenters. The molecular formula is C124H72N8OS. The van der Waals surface area contributed by atoms with Gasteiger partial charge in [0.15, 0.2) is 0 Å². The van der Waals surface area contributed by atoms with Gasteiger partial charge in [0.2, 0.25) is 0 Å². The third-order valence-corrected chi connectivity index (χ3v) is 29.3. The maximum absolute atomic E-state index is 6.64. The van der Waals surface area contributed by atoms with Crippen molar-refractivity contribution >= 4 is 227 Å². The number of benzene rings is 22. The molecule has 8 aromatic heterocycles. The summed E-state index contributed by atoms with van der Waals surface area (Å²) in [5, 5.41) is 28.7. The molecule has 0 amide bonds. The van der Waals surface area contributed by atoms with Crippen molar-refractivity contribution < 1.29 is 4.42 Å². The summed E-state index contributed by atoms with van der Waals surface area (Å²) in [4.78, 5) is 21.8. The van der Waals surface area contributed by atoms with Gasteiger partial charge in [0.1, 0.15) is 16.9 Å². The van der Waals surface area contributed by atoms with Crippen LogP contribution in [0.25, 0.3) is 284 Å². The molecule has 0 saturated heterocycles. The number of hydrogen-bond acceptors (Lipinski definition) is 6. The lowest BCUT2D eigenvalue weighted by Crippen LogP contribution is -1.99. The van der Waals surface area contributed by atoms with E-state index in [1.165, 1.54) is 134 Å². The number of para-hydroxylation sites is 8. The minimum Gasteiger partial charge on any atom is -0.455 e. The highest BCUT2D eigenvalue weighted by molar-refractivity contribution is 7.26. The smallest absolute Gasteiger partial charge is 0.144 e. The Kier molecular flexibility index (Phi) is 16.0. The second-order valence-corrected chi connectivity index (χ2v) is 36.4. The van der Waals surface area contributed by atoms with Crippen molar-refractivity contribution in [2.45, 2.75) is 0 Å². The molecule has 10 heteroatoms. The number of rotatable bonds is 8. The lowest BCUT2D eigenvalue weighted by Gasteiger charge is -2.17. The van der Waals surface area contributed by atoms with Crippen LogP contribution in [-0.2, 0) is 0 Å². The molecule has 22 aromatic carbocycles. The molecule has 0 N–H and O–H groups in total. The number of furan rings is 1. The number of aromatic nitrogens is 8. The molecule has 9 nitrogen and oxygen atoms in total. The zero-order valence-electron chi connectivity index (χ0n) is 72.0. The summed E-state index contributed by atoms with van der Waals surface area (Å²) in [5.74, 6) is 0. The van der Waals surface area contributed by atoms with E-state index in [2.05, 4.69) is 419 Å². The molecule has 0 bridgehead atoms. The largest absolute Gasteiger partial charge is 0.455 e. The predicted octanol–water partition coefficient (Wildman–Crippen LogP) is 33.5. The highest BCUT2D eigenvalue weighted by Crippen LogP contribution is 2.50. The SMILES string of the molecule is c1ccc2cc3c(cc2c1)c1ccc(-n2c4ccccc4c4ccc5ccccc5c42)cc1n3-c1cccc2c(-c3nc4ccccc4nc3-c3cccc4c3oc3ccccc34)cccc12.c1ccc2cc3c(cc2c1)c1ccc(-n2c4ccccc4c4ccc5ccccc5c42)cc1n3-c1cccc2c(-c3nc4ccccc4nc3-c3cccc4c3sc3ccccc34)cccc12. The predicted molar refractivity (Wildman–Crippen MR) is 563 cm³/mol. The second-order valence-electron chi connectivity index (χ2n) is 35.3. The fourth-order valence-electron chi connectivity index (χ4n) is 22.2. The second kappa shape index (κ2) is 28.9. The average molecular weight is 1720 g/mol. The van der Waals surface area contributed by atoms with Gasteiger partial charge in [-0.25, -0.2) is 19.9 Å². The minimum atomic E-state index is 0.785. The summed E-state index contributed by atoms with van der Waals surface area (Å²) in [5.41, 5.74) is 26.3. The first-order valence-corrected chi connectivity index (χ1v) is 46.4.